The molecule has 1 aromatic heterocycles. The largest absolute Gasteiger partial charge is 0.508 e. The highest BCUT2D eigenvalue weighted by atomic mass is 16.6. The van der Waals surface area contributed by atoms with Gasteiger partial charge in [-0.25, -0.2) is 0 Å². The third kappa shape index (κ3) is 5.54. The fourth-order valence-electron chi connectivity index (χ4n) is 3.22. The van der Waals surface area contributed by atoms with Gasteiger partial charge >= 0.3 is 0 Å². The number of para-hydroxylation sites is 1. The minimum Gasteiger partial charge on any atom is -0.508 e. The molecule has 0 spiro atoms. The number of benzene rings is 2. The molecule has 33 heavy (non-hydrogen) atoms. The molecule has 12 heteroatoms. The Balaban J connectivity index is 1.62. The number of nitro benzene ring substituents is 1. The molecule has 0 radical (unpaired) electrons. The first kappa shape index (κ1) is 22.0. The third-order valence-corrected chi connectivity index (χ3v) is 4.96. The van der Waals surface area contributed by atoms with Crippen LogP contribution in [0.4, 0.5) is 29.2 Å². The summed E-state index contributed by atoms with van der Waals surface area (Å²) in [5, 5.41) is 32.3. The molecule has 1 aliphatic heterocycles. The highest BCUT2D eigenvalue weighted by molar-refractivity contribution is 5.61. The first-order valence-corrected chi connectivity index (χ1v) is 10.2. The summed E-state index contributed by atoms with van der Waals surface area (Å²) >= 11 is 0. The van der Waals surface area contributed by atoms with Gasteiger partial charge in [0.15, 0.2) is 0 Å². The Morgan fingerprint density at radius 3 is 2.76 bits per heavy atom. The highest BCUT2D eigenvalue weighted by Crippen LogP contribution is 2.25. The van der Waals surface area contributed by atoms with E-state index in [2.05, 4.69) is 30.5 Å². The van der Waals surface area contributed by atoms with Crippen LogP contribution in [0.1, 0.15) is 11.1 Å². The number of aromatic hydroxyl groups is 1. The van der Waals surface area contributed by atoms with Crippen LogP contribution in [0.25, 0.3) is 0 Å². The average molecular weight is 450 g/mol. The van der Waals surface area contributed by atoms with E-state index >= 15 is 0 Å². The van der Waals surface area contributed by atoms with Gasteiger partial charge in [0.05, 0.1) is 30.2 Å². The van der Waals surface area contributed by atoms with Crippen LogP contribution in [0.15, 0.2) is 52.7 Å². The van der Waals surface area contributed by atoms with E-state index in [1.54, 1.807) is 36.4 Å². The second kappa shape index (κ2) is 9.96. The van der Waals surface area contributed by atoms with Crippen LogP contribution in [0, 0.1) is 17.0 Å². The van der Waals surface area contributed by atoms with Crippen molar-refractivity contribution < 1.29 is 14.8 Å². The van der Waals surface area contributed by atoms with Crippen molar-refractivity contribution in [2.45, 2.75) is 13.5 Å². The lowest BCUT2D eigenvalue weighted by Gasteiger charge is -2.26. The fraction of sp³-hybridized carbons (Fsp3) is 0.286. The summed E-state index contributed by atoms with van der Waals surface area (Å²) < 4.78 is 5.40. The summed E-state index contributed by atoms with van der Waals surface area (Å²) in [5.74, 6) is 0.813. The number of hydrogen-bond donors (Lipinski definition) is 2. The van der Waals surface area contributed by atoms with Crippen molar-refractivity contribution in [3.63, 3.8) is 0 Å². The lowest BCUT2D eigenvalue weighted by atomic mass is 10.2. The molecule has 2 heterocycles. The number of nitrogens with zero attached hydrogens (tertiary/aromatic N) is 7. The molecular weight excluding hydrogens is 428 g/mol. The molecule has 2 N–H and O–H groups in total. The molecule has 1 saturated heterocycles. The second-order valence-electron chi connectivity index (χ2n) is 7.27. The molecule has 0 aliphatic carbocycles. The van der Waals surface area contributed by atoms with Gasteiger partial charge in [-0.05, 0) is 18.6 Å². The summed E-state index contributed by atoms with van der Waals surface area (Å²) in [4.78, 5) is 25.9. The number of rotatable bonds is 7. The van der Waals surface area contributed by atoms with E-state index in [4.69, 9.17) is 4.74 Å². The molecular formula is C21H22N8O4. The van der Waals surface area contributed by atoms with E-state index in [-0.39, 0.29) is 29.9 Å². The smallest absolute Gasteiger partial charge is 0.275 e. The Morgan fingerprint density at radius 1 is 1.18 bits per heavy atom. The van der Waals surface area contributed by atoms with E-state index in [0.29, 0.717) is 43.5 Å². The summed E-state index contributed by atoms with van der Waals surface area (Å²) in [7, 11) is 0. The topological polar surface area (TPSA) is 151 Å². The minimum atomic E-state index is -0.454. The van der Waals surface area contributed by atoms with E-state index in [1.165, 1.54) is 6.07 Å². The predicted octanol–water partition coefficient (Wildman–Crippen LogP) is 3.66. The average Bonchev–Trinajstić information content (AvgIpc) is 2.82. The lowest BCUT2D eigenvalue weighted by Crippen LogP contribution is -2.37. The number of nitrogens with one attached hydrogen (secondary N) is 1. The number of aromatic nitrogens is 3. The second-order valence-corrected chi connectivity index (χ2v) is 7.27. The summed E-state index contributed by atoms with van der Waals surface area (Å²) in [6.07, 6.45) is 0. The van der Waals surface area contributed by atoms with Crippen molar-refractivity contribution in [2.24, 2.45) is 10.2 Å². The zero-order chi connectivity index (χ0) is 23.2. The Bertz CT molecular complexity index is 1180. The van der Waals surface area contributed by atoms with Gasteiger partial charge in [-0.15, -0.1) is 5.11 Å². The van der Waals surface area contributed by atoms with E-state index < -0.39 is 4.92 Å². The van der Waals surface area contributed by atoms with Gasteiger partial charge in [-0.1, -0.05) is 24.3 Å². The zero-order valence-electron chi connectivity index (χ0n) is 17.9. The Labute approximate surface area is 189 Å². The van der Waals surface area contributed by atoms with E-state index in [0.717, 1.165) is 5.56 Å². The van der Waals surface area contributed by atoms with Crippen molar-refractivity contribution in [3.8, 4) is 5.75 Å². The molecule has 1 fully saturated rings. The van der Waals surface area contributed by atoms with Gasteiger partial charge in [0.2, 0.25) is 11.9 Å². The first-order valence-electron chi connectivity index (χ1n) is 10.2. The van der Waals surface area contributed by atoms with Gasteiger partial charge in [0.1, 0.15) is 5.75 Å². The minimum absolute atomic E-state index is 0.00412. The molecule has 0 bridgehead atoms. The molecule has 0 amide bonds. The third-order valence-electron chi connectivity index (χ3n) is 4.96. The highest BCUT2D eigenvalue weighted by Gasteiger charge is 2.17. The maximum Gasteiger partial charge on any atom is 0.275 e. The molecule has 0 atom stereocenters. The number of morpholine rings is 1. The van der Waals surface area contributed by atoms with Gasteiger partial charge in [0, 0.05) is 30.9 Å². The van der Waals surface area contributed by atoms with Crippen molar-refractivity contribution in [2.75, 3.05) is 36.5 Å². The van der Waals surface area contributed by atoms with E-state index in [9.17, 15) is 15.2 Å². The Morgan fingerprint density at radius 2 is 1.97 bits per heavy atom. The van der Waals surface area contributed by atoms with Crippen LogP contribution in [0.2, 0.25) is 0 Å². The number of phenols is 1. The number of aryl methyl sites for hydroxylation is 1. The number of phenolic OH excluding ortho intramolecular Hbond substituents is 1. The number of hydrogen-bond acceptors (Lipinski definition) is 11. The van der Waals surface area contributed by atoms with Crippen LogP contribution in [0.5, 0.6) is 5.75 Å². The predicted molar refractivity (Wildman–Crippen MR) is 120 cm³/mol. The Hall–Kier alpha value is -4.19. The number of nitro groups is 1. The fourth-order valence-corrected chi connectivity index (χ4v) is 3.22. The molecule has 0 unspecified atom stereocenters. The van der Waals surface area contributed by atoms with E-state index in [1.807, 2.05) is 11.8 Å². The molecule has 0 saturated carbocycles. The quantitative estimate of drug-likeness (QED) is 0.312. The van der Waals surface area contributed by atoms with Crippen molar-refractivity contribution in [1.29, 1.82) is 0 Å². The van der Waals surface area contributed by atoms with Crippen LogP contribution in [0.3, 0.4) is 0 Å². The van der Waals surface area contributed by atoms with Gasteiger partial charge in [-0.3, -0.25) is 10.1 Å². The van der Waals surface area contributed by atoms with Gasteiger partial charge < -0.3 is 20.1 Å². The standard InChI is InChI=1S/C21H22N8O4/c1-14-6-7-16(30)12-17(14)23-19-24-20(26-21(25-19)28-8-10-33-11-9-28)27-22-13-15-4-2-3-5-18(15)29(31)32/h2-7,12,30H,8-11,13H2,1H3,(H,23,24,25,26). The summed E-state index contributed by atoms with van der Waals surface area (Å²) in [6.45, 7) is 4.22. The zero-order valence-corrected chi connectivity index (χ0v) is 17.9. The summed E-state index contributed by atoms with van der Waals surface area (Å²) in [6, 6.07) is 11.3. The van der Waals surface area contributed by atoms with Gasteiger partial charge in [-0.2, -0.15) is 20.1 Å². The molecule has 4 rings (SSSR count). The molecule has 1 aliphatic rings. The van der Waals surface area contributed by atoms with Crippen LogP contribution < -0.4 is 10.2 Å². The maximum absolute atomic E-state index is 11.2. The summed E-state index contributed by atoms with van der Waals surface area (Å²) in [5.41, 5.74) is 1.93. The number of azo groups is 1. The molecule has 2 aromatic carbocycles. The lowest BCUT2D eigenvalue weighted by molar-refractivity contribution is -0.385. The van der Waals surface area contributed by atoms with Crippen LogP contribution in [-0.4, -0.2) is 51.3 Å². The maximum atomic E-state index is 11.2. The number of anilines is 3. The van der Waals surface area contributed by atoms with Crippen molar-refractivity contribution in [3.05, 3.63) is 63.7 Å². The van der Waals surface area contributed by atoms with Crippen molar-refractivity contribution >= 4 is 29.2 Å². The monoisotopic (exact) mass is 450 g/mol. The van der Waals surface area contributed by atoms with Gasteiger partial charge in [0.25, 0.3) is 11.6 Å². The SMILES string of the molecule is Cc1ccc(O)cc1Nc1nc(N=NCc2ccccc2[N+](=O)[O-])nc(N2CCOCC2)n1. The normalized spacial score (nSPS) is 13.9. The molecule has 170 valence electrons. The molecule has 12 nitrogen and oxygen atoms in total. The van der Waals surface area contributed by atoms with Crippen molar-refractivity contribution in [1.82, 2.24) is 15.0 Å². The molecule has 3 aromatic rings. The first-order chi connectivity index (χ1) is 16.0. The van der Waals surface area contributed by atoms with Crippen LogP contribution in [-0.2, 0) is 11.3 Å². The Kier molecular flexibility index (Phi) is 6.64. The number of ether oxygens (including phenoxy) is 1. The van der Waals surface area contributed by atoms with Crippen LogP contribution >= 0.6 is 0 Å².